The first kappa shape index (κ1) is 18.2. The zero-order chi connectivity index (χ0) is 11.9. The van der Waals surface area contributed by atoms with E-state index >= 15 is 0 Å². The average Bonchev–Trinajstić information content (AvgIpc) is 2.11. The fourth-order valence-electron chi connectivity index (χ4n) is 0.914. The Hall–Kier alpha value is -0.140. The van der Waals surface area contributed by atoms with Gasteiger partial charge >= 0.3 is 5.51 Å². The van der Waals surface area contributed by atoms with Crippen molar-refractivity contribution in [1.82, 2.24) is 5.32 Å². The Bertz CT molecular complexity index is 204. The monoisotopic (exact) mass is 280 g/mol. The molecule has 16 heavy (non-hydrogen) atoms. The van der Waals surface area contributed by atoms with Gasteiger partial charge in [-0.1, -0.05) is 13.3 Å². The zero-order valence-electron chi connectivity index (χ0n) is 8.84. The lowest BCUT2D eigenvalue weighted by atomic mass is 10.2. The number of rotatable bonds is 6. The summed E-state index contributed by atoms with van der Waals surface area (Å²) < 4.78 is 35.1. The number of nitrogens with one attached hydrogen (secondary N) is 1. The molecule has 0 saturated carbocycles. The van der Waals surface area contributed by atoms with Gasteiger partial charge < -0.3 is 11.1 Å². The number of hydrogen-bond acceptors (Lipinski definition) is 3. The third kappa shape index (κ3) is 10.4. The van der Waals surface area contributed by atoms with Crippen molar-refractivity contribution in [3.05, 3.63) is 0 Å². The van der Waals surface area contributed by atoms with Gasteiger partial charge in [0.2, 0.25) is 5.91 Å². The van der Waals surface area contributed by atoms with E-state index in [0.29, 0.717) is 6.42 Å². The molecule has 0 rings (SSSR count). The molecule has 8 heteroatoms. The highest BCUT2D eigenvalue weighted by Crippen LogP contribution is 2.29. The van der Waals surface area contributed by atoms with Gasteiger partial charge in [0.15, 0.2) is 0 Å². The quantitative estimate of drug-likeness (QED) is 0.731. The van der Waals surface area contributed by atoms with E-state index in [1.54, 1.807) is 0 Å². The van der Waals surface area contributed by atoms with E-state index in [2.05, 4.69) is 5.32 Å². The molecule has 0 aromatic carbocycles. The smallest absolute Gasteiger partial charge is 0.354 e. The van der Waals surface area contributed by atoms with Crippen LogP contribution in [0.3, 0.4) is 0 Å². The molecule has 98 valence electrons. The lowest BCUT2D eigenvalue weighted by molar-refractivity contribution is -0.122. The molecular formula is C8H16ClF3N2OS. The summed E-state index contributed by atoms with van der Waals surface area (Å²) in [5.41, 5.74) is 1.21. The van der Waals surface area contributed by atoms with Crippen LogP contribution in [0.15, 0.2) is 0 Å². The first-order valence-electron chi connectivity index (χ1n) is 4.60. The van der Waals surface area contributed by atoms with E-state index in [1.165, 1.54) is 0 Å². The number of halogens is 4. The molecule has 3 nitrogen and oxygen atoms in total. The molecule has 1 atom stereocenters. The molecule has 0 fully saturated rings. The maximum Gasteiger partial charge on any atom is 0.441 e. The summed E-state index contributed by atoms with van der Waals surface area (Å²) in [7, 11) is 0. The van der Waals surface area contributed by atoms with Crippen molar-refractivity contribution in [2.24, 2.45) is 5.73 Å². The van der Waals surface area contributed by atoms with Gasteiger partial charge in [0.05, 0.1) is 6.04 Å². The molecule has 0 saturated heterocycles. The number of thioether (sulfide) groups is 1. The molecule has 3 N–H and O–H groups in total. The molecule has 0 aliphatic heterocycles. The van der Waals surface area contributed by atoms with Crippen LogP contribution in [-0.2, 0) is 4.79 Å². The molecule has 0 bridgehead atoms. The maximum atomic E-state index is 11.7. The number of amides is 1. The van der Waals surface area contributed by atoms with Crippen molar-refractivity contribution in [2.45, 2.75) is 31.3 Å². The Balaban J connectivity index is 0. The van der Waals surface area contributed by atoms with Crippen LogP contribution in [-0.4, -0.2) is 29.8 Å². The summed E-state index contributed by atoms with van der Waals surface area (Å²) >= 11 is -0.155. The predicted molar refractivity (Wildman–Crippen MR) is 61.7 cm³/mol. The molecule has 0 heterocycles. The minimum Gasteiger partial charge on any atom is -0.354 e. The summed E-state index contributed by atoms with van der Waals surface area (Å²) in [6.45, 7) is 1.87. The topological polar surface area (TPSA) is 55.1 Å². The number of hydrogen-bond donors (Lipinski definition) is 2. The number of nitrogens with two attached hydrogens (primary N) is 1. The summed E-state index contributed by atoms with van der Waals surface area (Å²) in [5.74, 6) is -0.576. The molecule has 0 radical (unpaired) electrons. The SMILES string of the molecule is CCCC(N)C(=O)NCCSC(F)(F)F.Cl. The van der Waals surface area contributed by atoms with Crippen molar-refractivity contribution in [1.29, 1.82) is 0 Å². The van der Waals surface area contributed by atoms with Crippen molar-refractivity contribution < 1.29 is 18.0 Å². The third-order valence-electron chi connectivity index (χ3n) is 1.60. The maximum absolute atomic E-state index is 11.7. The van der Waals surface area contributed by atoms with Crippen LogP contribution in [0.2, 0.25) is 0 Å². The second kappa shape index (κ2) is 8.95. The Labute approximate surface area is 103 Å². The lowest BCUT2D eigenvalue weighted by Crippen LogP contribution is -2.41. The van der Waals surface area contributed by atoms with E-state index in [9.17, 15) is 18.0 Å². The molecule has 1 unspecified atom stereocenters. The van der Waals surface area contributed by atoms with Gasteiger partial charge in [-0.05, 0) is 18.2 Å². The third-order valence-corrected chi connectivity index (χ3v) is 2.34. The summed E-state index contributed by atoms with van der Waals surface area (Å²) in [4.78, 5) is 11.1. The fraction of sp³-hybridized carbons (Fsp3) is 0.875. The van der Waals surface area contributed by atoms with Gasteiger partial charge in [-0.15, -0.1) is 12.4 Å². The summed E-state index contributed by atoms with van der Waals surface area (Å²) in [6, 6.07) is -0.620. The van der Waals surface area contributed by atoms with Crippen LogP contribution in [0.1, 0.15) is 19.8 Å². The Morgan fingerprint density at radius 1 is 1.50 bits per heavy atom. The molecule has 1 amide bonds. The highest BCUT2D eigenvalue weighted by Gasteiger charge is 2.27. The molecular weight excluding hydrogens is 265 g/mol. The Kier molecular flexibility index (Phi) is 10.2. The van der Waals surface area contributed by atoms with E-state index < -0.39 is 11.6 Å². The van der Waals surface area contributed by atoms with Crippen molar-refractivity contribution >= 4 is 30.1 Å². The minimum absolute atomic E-state index is 0. The number of carbonyl (C=O) groups is 1. The zero-order valence-corrected chi connectivity index (χ0v) is 10.5. The molecule has 0 aromatic heterocycles. The number of alkyl halides is 3. The first-order chi connectivity index (χ1) is 6.87. The van der Waals surface area contributed by atoms with Crippen LogP contribution < -0.4 is 11.1 Å². The average molecular weight is 281 g/mol. The highest BCUT2D eigenvalue weighted by atomic mass is 35.5. The second-order valence-electron chi connectivity index (χ2n) is 2.98. The Morgan fingerprint density at radius 2 is 2.06 bits per heavy atom. The summed E-state index contributed by atoms with van der Waals surface area (Å²) in [5, 5.41) is 2.36. The van der Waals surface area contributed by atoms with Crippen molar-refractivity contribution in [3.63, 3.8) is 0 Å². The first-order valence-corrected chi connectivity index (χ1v) is 5.59. The van der Waals surface area contributed by atoms with Gasteiger partial charge in [-0.25, -0.2) is 0 Å². The van der Waals surface area contributed by atoms with Crippen molar-refractivity contribution in [2.75, 3.05) is 12.3 Å². The fourth-order valence-corrected chi connectivity index (χ4v) is 1.35. The highest BCUT2D eigenvalue weighted by molar-refractivity contribution is 8.00. The minimum atomic E-state index is -4.24. The summed E-state index contributed by atoms with van der Waals surface area (Å²) in [6.07, 6.45) is 1.31. The van der Waals surface area contributed by atoms with Gasteiger partial charge in [0.1, 0.15) is 0 Å². The molecule has 0 aliphatic carbocycles. The van der Waals surface area contributed by atoms with E-state index in [1.807, 2.05) is 6.92 Å². The molecule has 0 aromatic rings. The van der Waals surface area contributed by atoms with E-state index in [-0.39, 0.29) is 42.4 Å². The standard InChI is InChI=1S/C8H15F3N2OS.ClH/c1-2-3-6(12)7(14)13-4-5-15-8(9,10)11;/h6H,2-5,12H2,1H3,(H,13,14);1H. The van der Waals surface area contributed by atoms with Crippen LogP contribution in [0.5, 0.6) is 0 Å². The largest absolute Gasteiger partial charge is 0.441 e. The van der Waals surface area contributed by atoms with Crippen molar-refractivity contribution in [3.8, 4) is 0 Å². The van der Waals surface area contributed by atoms with Crippen LogP contribution >= 0.6 is 24.2 Å². The van der Waals surface area contributed by atoms with E-state index in [4.69, 9.17) is 5.73 Å². The second-order valence-corrected chi connectivity index (χ2v) is 4.14. The van der Waals surface area contributed by atoms with Gasteiger partial charge in [-0.3, -0.25) is 4.79 Å². The number of carbonyl (C=O) groups excluding carboxylic acids is 1. The van der Waals surface area contributed by atoms with E-state index in [0.717, 1.165) is 6.42 Å². The normalized spacial score (nSPS) is 12.8. The van der Waals surface area contributed by atoms with Crippen LogP contribution in [0.4, 0.5) is 13.2 Å². The molecule has 0 spiro atoms. The van der Waals surface area contributed by atoms with Gasteiger partial charge in [0.25, 0.3) is 0 Å². The lowest BCUT2D eigenvalue weighted by Gasteiger charge is -2.11. The predicted octanol–water partition coefficient (Wildman–Crippen LogP) is 1.90. The Morgan fingerprint density at radius 3 is 2.50 bits per heavy atom. The van der Waals surface area contributed by atoms with Crippen LogP contribution in [0, 0.1) is 0 Å². The van der Waals surface area contributed by atoms with Crippen LogP contribution in [0.25, 0.3) is 0 Å². The van der Waals surface area contributed by atoms with Gasteiger partial charge in [0, 0.05) is 12.3 Å². The molecule has 0 aliphatic rings. The van der Waals surface area contributed by atoms with Gasteiger partial charge in [-0.2, -0.15) is 13.2 Å².